The molecule has 0 radical (unpaired) electrons. The zero-order valence-corrected chi connectivity index (χ0v) is 11.8. The molecule has 2 aromatic rings. The van der Waals surface area contributed by atoms with Gasteiger partial charge in [-0.1, -0.05) is 24.3 Å². The highest BCUT2D eigenvalue weighted by Gasteiger charge is 2.10. The molecule has 2 rings (SSSR count). The third-order valence-corrected chi connectivity index (χ3v) is 3.17. The molecule has 22 heavy (non-hydrogen) atoms. The van der Waals surface area contributed by atoms with E-state index in [1.54, 1.807) is 24.3 Å². The minimum Gasteiger partial charge on any atom is -0.387 e. The Morgan fingerprint density at radius 1 is 1.27 bits per heavy atom. The quantitative estimate of drug-likeness (QED) is 0.887. The first-order chi connectivity index (χ1) is 10.6. The number of hydrogen-bond donors (Lipinski definition) is 2. The van der Waals surface area contributed by atoms with Crippen LogP contribution < -0.4 is 5.32 Å². The van der Waals surface area contributed by atoms with Crippen LogP contribution >= 0.6 is 0 Å². The number of nitrogens with one attached hydrogen (secondary N) is 1. The lowest BCUT2D eigenvalue weighted by Gasteiger charge is -2.12. The molecule has 4 nitrogen and oxygen atoms in total. The summed E-state index contributed by atoms with van der Waals surface area (Å²) < 4.78 is 12.8. The van der Waals surface area contributed by atoms with Crippen molar-refractivity contribution in [2.75, 3.05) is 6.54 Å². The largest absolute Gasteiger partial charge is 0.387 e. The normalized spacial score (nSPS) is 11.5. The highest BCUT2D eigenvalue weighted by molar-refractivity contribution is 5.78. The molecule has 0 aliphatic rings. The average Bonchev–Trinajstić information content (AvgIpc) is 2.53. The number of halogens is 1. The van der Waals surface area contributed by atoms with Gasteiger partial charge in [-0.25, -0.2) is 4.39 Å². The van der Waals surface area contributed by atoms with Crippen LogP contribution in [0.15, 0.2) is 48.5 Å². The lowest BCUT2D eigenvalue weighted by atomic mass is 10.1. The summed E-state index contributed by atoms with van der Waals surface area (Å²) >= 11 is 0. The molecule has 112 valence electrons. The summed E-state index contributed by atoms with van der Waals surface area (Å²) in [6, 6.07) is 14.3. The first-order valence-corrected chi connectivity index (χ1v) is 6.78. The molecule has 0 fully saturated rings. The number of carbonyl (C=O) groups excluding carboxylic acids is 1. The van der Waals surface area contributed by atoms with Crippen LogP contribution in [0.2, 0.25) is 0 Å². The Hall–Kier alpha value is -2.71. The molecule has 0 heterocycles. The van der Waals surface area contributed by atoms with Gasteiger partial charge >= 0.3 is 0 Å². The van der Waals surface area contributed by atoms with Crippen LogP contribution in [0.25, 0.3) is 0 Å². The monoisotopic (exact) mass is 298 g/mol. The molecule has 1 unspecified atom stereocenters. The number of amides is 1. The van der Waals surface area contributed by atoms with E-state index >= 15 is 0 Å². The van der Waals surface area contributed by atoms with E-state index in [1.807, 2.05) is 6.07 Å². The van der Waals surface area contributed by atoms with E-state index in [1.165, 1.54) is 24.3 Å². The van der Waals surface area contributed by atoms with Gasteiger partial charge in [-0.15, -0.1) is 0 Å². The topological polar surface area (TPSA) is 73.1 Å². The molecule has 2 N–H and O–H groups in total. The summed E-state index contributed by atoms with van der Waals surface area (Å²) in [5, 5.41) is 21.4. The van der Waals surface area contributed by atoms with Gasteiger partial charge in [0, 0.05) is 6.54 Å². The van der Waals surface area contributed by atoms with Gasteiger partial charge in [-0.2, -0.15) is 5.26 Å². The third kappa shape index (κ3) is 4.40. The van der Waals surface area contributed by atoms with Crippen LogP contribution in [0.4, 0.5) is 4.39 Å². The number of aliphatic hydroxyl groups excluding tert-OH is 1. The predicted molar refractivity (Wildman–Crippen MR) is 79.2 cm³/mol. The minimum absolute atomic E-state index is 0.0441. The van der Waals surface area contributed by atoms with Crippen molar-refractivity contribution in [2.45, 2.75) is 12.5 Å². The Morgan fingerprint density at radius 3 is 2.68 bits per heavy atom. The van der Waals surface area contributed by atoms with E-state index in [-0.39, 0.29) is 24.7 Å². The van der Waals surface area contributed by atoms with Gasteiger partial charge in [0.05, 0.1) is 24.2 Å². The summed E-state index contributed by atoms with van der Waals surface area (Å²) in [7, 11) is 0. The van der Waals surface area contributed by atoms with Crippen LogP contribution in [-0.4, -0.2) is 17.6 Å². The van der Waals surface area contributed by atoms with Crippen molar-refractivity contribution in [3.63, 3.8) is 0 Å². The molecule has 1 amide bonds. The lowest BCUT2D eigenvalue weighted by molar-refractivity contribution is -0.120. The van der Waals surface area contributed by atoms with Gasteiger partial charge in [-0.05, 0) is 35.4 Å². The zero-order valence-electron chi connectivity index (χ0n) is 11.8. The van der Waals surface area contributed by atoms with Crippen LogP contribution in [0.1, 0.15) is 22.8 Å². The maximum atomic E-state index is 12.8. The SMILES string of the molecule is N#Cc1cccc(CC(=O)NCC(O)c2ccc(F)cc2)c1. The Balaban J connectivity index is 1.87. The molecule has 1 atom stereocenters. The van der Waals surface area contributed by atoms with Gasteiger partial charge < -0.3 is 10.4 Å². The van der Waals surface area contributed by atoms with Crippen molar-refractivity contribution in [3.8, 4) is 6.07 Å². The van der Waals surface area contributed by atoms with Gasteiger partial charge in [0.15, 0.2) is 0 Å². The summed E-state index contributed by atoms with van der Waals surface area (Å²) in [6.07, 6.45) is -0.763. The predicted octanol–water partition coefficient (Wildman–Crippen LogP) is 2.09. The molecule has 5 heteroatoms. The van der Waals surface area contributed by atoms with Gasteiger partial charge in [0.25, 0.3) is 0 Å². The van der Waals surface area contributed by atoms with E-state index in [0.717, 1.165) is 5.56 Å². The maximum absolute atomic E-state index is 12.8. The van der Waals surface area contributed by atoms with E-state index < -0.39 is 6.10 Å². The Bertz CT molecular complexity index is 693. The smallest absolute Gasteiger partial charge is 0.224 e. The number of nitrogens with zero attached hydrogens (tertiary/aromatic N) is 1. The second kappa shape index (κ2) is 7.34. The summed E-state index contributed by atoms with van der Waals surface area (Å²) in [5.74, 6) is -0.631. The molecular formula is C17H15FN2O2. The lowest BCUT2D eigenvalue weighted by Crippen LogP contribution is -2.29. The van der Waals surface area contributed by atoms with Crippen molar-refractivity contribution in [3.05, 3.63) is 71.0 Å². The molecule has 0 bridgehead atoms. The standard InChI is InChI=1S/C17H15FN2O2/c18-15-6-4-14(5-7-15)16(21)11-20-17(22)9-12-2-1-3-13(8-12)10-19/h1-8,16,21H,9,11H2,(H,20,22). The maximum Gasteiger partial charge on any atom is 0.224 e. The molecular weight excluding hydrogens is 283 g/mol. The molecule has 0 aliphatic carbocycles. The fourth-order valence-corrected chi connectivity index (χ4v) is 2.01. The fourth-order valence-electron chi connectivity index (χ4n) is 2.01. The number of nitriles is 1. The van der Waals surface area contributed by atoms with Crippen molar-refractivity contribution < 1.29 is 14.3 Å². The molecule has 0 spiro atoms. The molecule has 0 saturated heterocycles. The number of benzene rings is 2. The minimum atomic E-state index is -0.894. The summed E-state index contributed by atoms with van der Waals surface area (Å²) in [6.45, 7) is 0.0441. The van der Waals surface area contributed by atoms with Crippen LogP contribution in [0.5, 0.6) is 0 Å². The van der Waals surface area contributed by atoms with Crippen LogP contribution in [0.3, 0.4) is 0 Å². The molecule has 2 aromatic carbocycles. The van der Waals surface area contributed by atoms with Gasteiger partial charge in [-0.3, -0.25) is 4.79 Å². The first-order valence-electron chi connectivity index (χ1n) is 6.78. The number of aliphatic hydroxyl groups is 1. The zero-order chi connectivity index (χ0) is 15.9. The Kier molecular flexibility index (Phi) is 5.23. The first kappa shape index (κ1) is 15.7. The fraction of sp³-hybridized carbons (Fsp3) is 0.176. The summed E-state index contributed by atoms with van der Waals surface area (Å²) in [5.41, 5.74) is 1.76. The molecule has 0 aliphatic heterocycles. The number of rotatable bonds is 5. The summed E-state index contributed by atoms with van der Waals surface area (Å²) in [4.78, 5) is 11.8. The third-order valence-electron chi connectivity index (χ3n) is 3.17. The average molecular weight is 298 g/mol. The number of hydrogen-bond acceptors (Lipinski definition) is 3. The van der Waals surface area contributed by atoms with Crippen molar-refractivity contribution in [1.29, 1.82) is 5.26 Å². The Morgan fingerprint density at radius 2 is 2.00 bits per heavy atom. The molecule has 0 saturated carbocycles. The highest BCUT2D eigenvalue weighted by Crippen LogP contribution is 2.12. The highest BCUT2D eigenvalue weighted by atomic mass is 19.1. The van der Waals surface area contributed by atoms with E-state index in [9.17, 15) is 14.3 Å². The van der Waals surface area contributed by atoms with Crippen LogP contribution in [-0.2, 0) is 11.2 Å². The second-order valence-corrected chi connectivity index (χ2v) is 4.86. The Labute approximate surface area is 127 Å². The van der Waals surface area contributed by atoms with Crippen molar-refractivity contribution >= 4 is 5.91 Å². The van der Waals surface area contributed by atoms with E-state index in [2.05, 4.69) is 5.32 Å². The second-order valence-electron chi connectivity index (χ2n) is 4.86. The van der Waals surface area contributed by atoms with Crippen LogP contribution in [0, 0.1) is 17.1 Å². The van der Waals surface area contributed by atoms with Crippen molar-refractivity contribution in [2.24, 2.45) is 0 Å². The van der Waals surface area contributed by atoms with Gasteiger partial charge in [0.2, 0.25) is 5.91 Å². The van der Waals surface area contributed by atoms with E-state index in [4.69, 9.17) is 5.26 Å². The van der Waals surface area contributed by atoms with E-state index in [0.29, 0.717) is 11.1 Å². The number of carbonyl (C=O) groups is 1. The van der Waals surface area contributed by atoms with Gasteiger partial charge in [0.1, 0.15) is 5.82 Å². The molecule has 0 aromatic heterocycles. The van der Waals surface area contributed by atoms with Crippen molar-refractivity contribution in [1.82, 2.24) is 5.32 Å².